The smallest absolute Gasteiger partial charge is 0.254 e. The lowest BCUT2D eigenvalue weighted by Gasteiger charge is -2.25. The summed E-state index contributed by atoms with van der Waals surface area (Å²) in [5, 5.41) is 0. The van der Waals surface area contributed by atoms with Gasteiger partial charge < -0.3 is 15.5 Å². The molecule has 24 heavy (non-hydrogen) atoms. The molecule has 128 valence electrons. The number of likely N-dealkylation sites (N-methyl/N-ethyl adjacent to an activating group) is 1. The number of carbonyl (C=O) groups excluding carboxylic acids is 1. The highest BCUT2D eigenvalue weighted by atomic mass is 79.9. The Morgan fingerprint density at radius 1 is 0.958 bits per heavy atom. The van der Waals surface area contributed by atoms with Gasteiger partial charge in [0.05, 0.1) is 0 Å². The van der Waals surface area contributed by atoms with Crippen LogP contribution in [-0.2, 0) is 13.1 Å². The van der Waals surface area contributed by atoms with E-state index >= 15 is 0 Å². The lowest BCUT2D eigenvalue weighted by molar-refractivity contribution is 0.0732. The summed E-state index contributed by atoms with van der Waals surface area (Å²) < 4.78 is 1.04. The van der Waals surface area contributed by atoms with Gasteiger partial charge in [0, 0.05) is 36.2 Å². The third kappa shape index (κ3) is 5.44. The molecule has 0 fully saturated rings. The minimum absolute atomic E-state index is 0.0448. The molecule has 0 aromatic heterocycles. The number of hydrogen-bond acceptors (Lipinski definition) is 3. The Kier molecular flexibility index (Phi) is 6.97. The van der Waals surface area contributed by atoms with Crippen LogP contribution in [0.1, 0.15) is 21.5 Å². The van der Waals surface area contributed by atoms with Gasteiger partial charge in [0.2, 0.25) is 0 Å². The van der Waals surface area contributed by atoms with E-state index in [1.54, 1.807) is 0 Å². The zero-order valence-electron chi connectivity index (χ0n) is 14.2. The van der Waals surface area contributed by atoms with Crippen molar-refractivity contribution in [3.63, 3.8) is 0 Å². The molecule has 0 atom stereocenters. The van der Waals surface area contributed by atoms with E-state index in [1.807, 2.05) is 67.5 Å². The molecule has 0 aliphatic heterocycles. The van der Waals surface area contributed by atoms with Crippen molar-refractivity contribution in [2.45, 2.75) is 13.1 Å². The van der Waals surface area contributed by atoms with Crippen molar-refractivity contribution in [1.29, 1.82) is 0 Å². The van der Waals surface area contributed by atoms with Gasteiger partial charge in [0.1, 0.15) is 0 Å². The second kappa shape index (κ2) is 8.97. The lowest BCUT2D eigenvalue weighted by Crippen LogP contribution is -2.36. The molecule has 2 aromatic carbocycles. The first kappa shape index (κ1) is 18.6. The molecule has 0 saturated carbocycles. The molecule has 0 spiro atoms. The van der Waals surface area contributed by atoms with E-state index in [9.17, 15) is 4.79 Å². The highest BCUT2D eigenvalue weighted by Gasteiger charge is 2.16. The third-order valence-electron chi connectivity index (χ3n) is 3.83. The van der Waals surface area contributed by atoms with Crippen LogP contribution in [0.3, 0.4) is 0 Å². The lowest BCUT2D eigenvalue weighted by atomic mass is 10.1. The van der Waals surface area contributed by atoms with Crippen LogP contribution in [0.15, 0.2) is 53.0 Å². The third-order valence-corrected chi connectivity index (χ3v) is 4.36. The minimum Gasteiger partial charge on any atom is -0.333 e. The molecule has 0 radical (unpaired) electrons. The predicted octanol–water partition coefficient (Wildman–Crippen LogP) is 3.11. The zero-order valence-corrected chi connectivity index (χ0v) is 15.8. The fourth-order valence-corrected chi connectivity index (χ4v) is 2.61. The van der Waals surface area contributed by atoms with Gasteiger partial charge in [-0.05, 0) is 49.5 Å². The molecule has 4 nitrogen and oxygen atoms in total. The predicted molar refractivity (Wildman–Crippen MR) is 102 cm³/mol. The van der Waals surface area contributed by atoms with Crippen LogP contribution in [0.25, 0.3) is 0 Å². The maximum absolute atomic E-state index is 12.9. The monoisotopic (exact) mass is 389 g/mol. The van der Waals surface area contributed by atoms with Gasteiger partial charge in [-0.3, -0.25) is 4.79 Å². The van der Waals surface area contributed by atoms with Crippen LogP contribution < -0.4 is 5.73 Å². The topological polar surface area (TPSA) is 49.6 Å². The fraction of sp³-hybridized carbons (Fsp3) is 0.316. The number of amides is 1. The molecule has 2 N–H and O–H groups in total. The minimum atomic E-state index is 0.0448. The van der Waals surface area contributed by atoms with Crippen LogP contribution >= 0.6 is 15.9 Å². The Balaban J connectivity index is 2.16. The number of nitrogens with zero attached hydrogens (tertiary/aromatic N) is 2. The molecule has 0 bridgehead atoms. The van der Waals surface area contributed by atoms with Crippen molar-refractivity contribution < 1.29 is 4.79 Å². The molecule has 2 rings (SSSR count). The second-order valence-corrected chi connectivity index (χ2v) is 6.97. The average molecular weight is 390 g/mol. The highest BCUT2D eigenvalue weighted by molar-refractivity contribution is 9.10. The number of halogens is 1. The Morgan fingerprint density at radius 3 is 2.08 bits per heavy atom. The largest absolute Gasteiger partial charge is 0.333 e. The van der Waals surface area contributed by atoms with Crippen molar-refractivity contribution in [3.05, 3.63) is 69.7 Å². The van der Waals surface area contributed by atoms with Crippen LogP contribution in [0.4, 0.5) is 0 Å². The number of benzene rings is 2. The molecule has 1 amide bonds. The van der Waals surface area contributed by atoms with E-state index in [0.29, 0.717) is 25.2 Å². The number of hydrogen-bond donors (Lipinski definition) is 1. The molecule has 0 saturated heterocycles. The summed E-state index contributed by atoms with van der Waals surface area (Å²) in [7, 11) is 4.02. The van der Waals surface area contributed by atoms with Gasteiger partial charge in [-0.1, -0.05) is 40.2 Å². The normalized spacial score (nSPS) is 10.9. The van der Waals surface area contributed by atoms with Crippen LogP contribution in [-0.4, -0.2) is 42.9 Å². The highest BCUT2D eigenvalue weighted by Crippen LogP contribution is 2.14. The van der Waals surface area contributed by atoms with Crippen molar-refractivity contribution in [1.82, 2.24) is 9.80 Å². The summed E-state index contributed by atoms with van der Waals surface area (Å²) in [6, 6.07) is 15.6. The van der Waals surface area contributed by atoms with Crippen LogP contribution in [0.5, 0.6) is 0 Å². The Hall–Kier alpha value is -1.69. The number of carbonyl (C=O) groups is 1. The Bertz CT molecular complexity index is 653. The maximum atomic E-state index is 12.9. The van der Waals surface area contributed by atoms with Gasteiger partial charge >= 0.3 is 0 Å². The summed E-state index contributed by atoms with van der Waals surface area (Å²) in [5.41, 5.74) is 8.47. The summed E-state index contributed by atoms with van der Waals surface area (Å²) in [6.45, 7) is 2.58. The van der Waals surface area contributed by atoms with Crippen molar-refractivity contribution in [2.24, 2.45) is 5.73 Å². The van der Waals surface area contributed by atoms with E-state index in [0.717, 1.165) is 22.1 Å². The summed E-state index contributed by atoms with van der Waals surface area (Å²) >= 11 is 3.44. The van der Waals surface area contributed by atoms with E-state index in [2.05, 4.69) is 20.8 Å². The summed E-state index contributed by atoms with van der Waals surface area (Å²) in [6.07, 6.45) is 0. The van der Waals surface area contributed by atoms with E-state index in [4.69, 9.17) is 5.73 Å². The van der Waals surface area contributed by atoms with Crippen molar-refractivity contribution >= 4 is 21.8 Å². The first-order chi connectivity index (χ1) is 11.5. The molecule has 0 aliphatic rings. The molecule has 0 aliphatic carbocycles. The summed E-state index contributed by atoms with van der Waals surface area (Å²) in [5.74, 6) is 0.0448. The van der Waals surface area contributed by atoms with Crippen molar-refractivity contribution in [2.75, 3.05) is 27.2 Å². The maximum Gasteiger partial charge on any atom is 0.254 e. The van der Waals surface area contributed by atoms with Gasteiger partial charge in [0.15, 0.2) is 0 Å². The molecule has 5 heteroatoms. The van der Waals surface area contributed by atoms with Gasteiger partial charge in [-0.2, -0.15) is 0 Å². The Labute approximate surface area is 152 Å². The average Bonchev–Trinajstić information content (AvgIpc) is 2.59. The first-order valence-electron chi connectivity index (χ1n) is 7.97. The standard InChI is InChI=1S/C19H24BrN3O/c1-22(2)11-12-23(14-16-5-9-18(20)10-6-16)19(24)17-7-3-15(13-21)4-8-17/h3-10H,11-14,21H2,1-2H3. The first-order valence-corrected chi connectivity index (χ1v) is 8.76. The summed E-state index contributed by atoms with van der Waals surface area (Å²) in [4.78, 5) is 16.9. The molecular weight excluding hydrogens is 366 g/mol. The quantitative estimate of drug-likeness (QED) is 0.791. The SMILES string of the molecule is CN(C)CCN(Cc1ccc(Br)cc1)C(=O)c1ccc(CN)cc1. The molecule has 0 heterocycles. The van der Waals surface area contributed by atoms with Crippen LogP contribution in [0.2, 0.25) is 0 Å². The number of nitrogens with two attached hydrogens (primary N) is 1. The molecular formula is C19H24BrN3O. The second-order valence-electron chi connectivity index (χ2n) is 6.06. The van der Waals surface area contributed by atoms with E-state index in [1.165, 1.54) is 0 Å². The van der Waals surface area contributed by atoms with Gasteiger partial charge in [0.25, 0.3) is 5.91 Å². The molecule has 0 unspecified atom stereocenters. The van der Waals surface area contributed by atoms with Crippen molar-refractivity contribution in [3.8, 4) is 0 Å². The zero-order chi connectivity index (χ0) is 17.5. The van der Waals surface area contributed by atoms with E-state index in [-0.39, 0.29) is 5.91 Å². The Morgan fingerprint density at radius 2 is 1.54 bits per heavy atom. The van der Waals surface area contributed by atoms with Crippen LogP contribution in [0, 0.1) is 0 Å². The van der Waals surface area contributed by atoms with Gasteiger partial charge in [-0.15, -0.1) is 0 Å². The van der Waals surface area contributed by atoms with E-state index < -0.39 is 0 Å². The fourth-order valence-electron chi connectivity index (χ4n) is 2.35. The molecule has 2 aromatic rings. The van der Waals surface area contributed by atoms with Gasteiger partial charge in [-0.25, -0.2) is 0 Å². The number of rotatable bonds is 7.